The number of fused-ring (bicyclic) bond motifs is 3. The molecule has 0 radical (unpaired) electrons. The van der Waals surface area contributed by atoms with Gasteiger partial charge in [0.15, 0.2) is 0 Å². The van der Waals surface area contributed by atoms with Crippen LogP contribution in [0.15, 0.2) is 18.2 Å². The maximum Gasteiger partial charge on any atom is 0.128 e. The second kappa shape index (κ2) is 3.41. The number of ether oxygens (including phenoxy) is 2. The largest absolute Gasteiger partial charge is 0.497 e. The molecule has 2 N–H and O–H groups in total. The highest BCUT2D eigenvalue weighted by Gasteiger charge is 2.61. The zero-order chi connectivity index (χ0) is 12.3. The van der Waals surface area contributed by atoms with Crippen molar-refractivity contribution in [2.75, 3.05) is 7.11 Å². The first-order valence-corrected chi connectivity index (χ1v) is 6.84. The van der Waals surface area contributed by atoms with Crippen LogP contribution in [0.3, 0.4) is 0 Å². The van der Waals surface area contributed by atoms with Crippen LogP contribution < -0.4 is 15.2 Å². The highest BCUT2D eigenvalue weighted by molar-refractivity contribution is 5.45. The lowest BCUT2D eigenvalue weighted by Gasteiger charge is -2.40. The minimum atomic E-state index is 0.0312. The molecule has 1 aliphatic heterocycles. The molecule has 4 atom stereocenters. The molecule has 18 heavy (non-hydrogen) atoms. The highest BCUT2D eigenvalue weighted by Crippen LogP contribution is 2.62. The average molecular weight is 245 g/mol. The van der Waals surface area contributed by atoms with E-state index in [1.807, 2.05) is 18.2 Å². The van der Waals surface area contributed by atoms with Gasteiger partial charge in [0.1, 0.15) is 17.1 Å². The van der Waals surface area contributed by atoms with Crippen molar-refractivity contribution in [3.05, 3.63) is 23.8 Å². The Morgan fingerprint density at radius 3 is 3.00 bits per heavy atom. The first kappa shape index (κ1) is 10.7. The zero-order valence-electron chi connectivity index (χ0n) is 10.7. The molecule has 1 aromatic rings. The summed E-state index contributed by atoms with van der Waals surface area (Å²) < 4.78 is 11.7. The SMILES string of the molecule is COc1ccc2c(c1)OC1(CCC3CC31)C[C@@H]2N. The molecule has 4 rings (SSSR count). The lowest BCUT2D eigenvalue weighted by molar-refractivity contribution is 0.0211. The fourth-order valence-electron chi connectivity index (χ4n) is 3.99. The summed E-state index contributed by atoms with van der Waals surface area (Å²) in [7, 11) is 1.69. The van der Waals surface area contributed by atoms with E-state index in [-0.39, 0.29) is 11.6 Å². The van der Waals surface area contributed by atoms with Crippen LogP contribution >= 0.6 is 0 Å². The van der Waals surface area contributed by atoms with Crippen LogP contribution in [0.1, 0.15) is 37.3 Å². The van der Waals surface area contributed by atoms with Gasteiger partial charge in [-0.3, -0.25) is 0 Å². The maximum atomic E-state index is 6.39. The van der Waals surface area contributed by atoms with Gasteiger partial charge >= 0.3 is 0 Å². The summed E-state index contributed by atoms with van der Waals surface area (Å²) in [6, 6.07) is 6.12. The van der Waals surface area contributed by atoms with Crippen molar-refractivity contribution in [2.24, 2.45) is 17.6 Å². The summed E-state index contributed by atoms with van der Waals surface area (Å²) in [5, 5.41) is 0. The minimum absolute atomic E-state index is 0.0312. The number of benzene rings is 1. The summed E-state index contributed by atoms with van der Waals surface area (Å²) >= 11 is 0. The molecular weight excluding hydrogens is 226 g/mol. The molecule has 2 aliphatic carbocycles. The number of hydrogen-bond acceptors (Lipinski definition) is 3. The van der Waals surface area contributed by atoms with Gasteiger partial charge in [0.05, 0.1) is 7.11 Å². The Morgan fingerprint density at radius 2 is 2.33 bits per heavy atom. The number of hydrogen-bond donors (Lipinski definition) is 1. The molecule has 2 fully saturated rings. The van der Waals surface area contributed by atoms with Crippen LogP contribution in [0.4, 0.5) is 0 Å². The predicted octanol–water partition coefficient (Wildman–Crippen LogP) is 2.65. The number of methoxy groups -OCH3 is 1. The lowest BCUT2D eigenvalue weighted by Crippen LogP contribution is -2.43. The molecule has 0 amide bonds. The standard InChI is InChI=1S/C15H19NO2/c1-17-10-2-3-11-13(16)8-15(18-14(11)7-10)5-4-9-6-12(9)15/h2-3,7,9,12-13H,4-6,8,16H2,1H3/t9?,12?,13-,15?/m0/s1. The molecule has 0 saturated heterocycles. The van der Waals surface area contributed by atoms with E-state index in [1.165, 1.54) is 19.3 Å². The van der Waals surface area contributed by atoms with Gasteiger partial charge in [0.2, 0.25) is 0 Å². The molecule has 3 aliphatic rings. The number of rotatable bonds is 1. The van der Waals surface area contributed by atoms with E-state index in [0.717, 1.165) is 35.3 Å². The van der Waals surface area contributed by atoms with Crippen molar-refractivity contribution in [2.45, 2.75) is 37.3 Å². The second-order valence-electron chi connectivity index (χ2n) is 6.02. The normalized spacial score (nSPS) is 40.0. The molecule has 3 unspecified atom stereocenters. The van der Waals surface area contributed by atoms with E-state index in [4.69, 9.17) is 15.2 Å². The maximum absolute atomic E-state index is 6.39. The van der Waals surface area contributed by atoms with Crippen LogP contribution in [-0.2, 0) is 0 Å². The highest BCUT2D eigenvalue weighted by atomic mass is 16.5. The van der Waals surface area contributed by atoms with Gasteiger partial charge in [-0.25, -0.2) is 0 Å². The summed E-state index contributed by atoms with van der Waals surface area (Å²) in [5.41, 5.74) is 7.51. The first-order valence-electron chi connectivity index (χ1n) is 6.84. The molecule has 0 aromatic heterocycles. The van der Waals surface area contributed by atoms with E-state index in [9.17, 15) is 0 Å². The van der Waals surface area contributed by atoms with Crippen LogP contribution in [0, 0.1) is 11.8 Å². The first-order chi connectivity index (χ1) is 8.72. The smallest absolute Gasteiger partial charge is 0.128 e. The summed E-state index contributed by atoms with van der Waals surface area (Å²) in [6.45, 7) is 0. The Morgan fingerprint density at radius 1 is 1.44 bits per heavy atom. The Bertz CT molecular complexity index is 501. The van der Waals surface area contributed by atoms with Gasteiger partial charge in [0.25, 0.3) is 0 Å². The molecule has 3 nitrogen and oxygen atoms in total. The average Bonchev–Trinajstić information content (AvgIpc) is 3.10. The van der Waals surface area contributed by atoms with Crippen LogP contribution in [-0.4, -0.2) is 12.7 Å². The third-order valence-electron chi connectivity index (χ3n) is 5.04. The zero-order valence-corrected chi connectivity index (χ0v) is 10.7. The van der Waals surface area contributed by atoms with E-state index in [2.05, 4.69) is 0 Å². The topological polar surface area (TPSA) is 44.5 Å². The van der Waals surface area contributed by atoms with Crippen molar-refractivity contribution in [3.63, 3.8) is 0 Å². The van der Waals surface area contributed by atoms with Crippen molar-refractivity contribution in [3.8, 4) is 11.5 Å². The third kappa shape index (κ3) is 1.34. The van der Waals surface area contributed by atoms with Gasteiger partial charge in [-0.2, -0.15) is 0 Å². The van der Waals surface area contributed by atoms with E-state index in [0.29, 0.717) is 0 Å². The third-order valence-corrected chi connectivity index (χ3v) is 5.04. The van der Waals surface area contributed by atoms with Crippen LogP contribution in [0.25, 0.3) is 0 Å². The molecule has 1 spiro atoms. The quantitative estimate of drug-likeness (QED) is 0.827. The molecule has 3 heteroatoms. The molecule has 0 bridgehead atoms. The Hall–Kier alpha value is -1.22. The van der Waals surface area contributed by atoms with Gasteiger partial charge in [-0.05, 0) is 31.2 Å². The number of nitrogens with two attached hydrogens (primary N) is 1. The Labute approximate surface area is 107 Å². The van der Waals surface area contributed by atoms with Crippen molar-refractivity contribution in [1.82, 2.24) is 0 Å². The molecule has 1 aromatic carbocycles. The van der Waals surface area contributed by atoms with Crippen molar-refractivity contribution in [1.29, 1.82) is 0 Å². The van der Waals surface area contributed by atoms with Gasteiger partial charge < -0.3 is 15.2 Å². The molecular formula is C15H19NO2. The molecule has 2 saturated carbocycles. The summed E-state index contributed by atoms with van der Waals surface area (Å²) in [5.74, 6) is 3.45. The fraction of sp³-hybridized carbons (Fsp3) is 0.600. The van der Waals surface area contributed by atoms with Crippen LogP contribution in [0.5, 0.6) is 11.5 Å². The van der Waals surface area contributed by atoms with Crippen molar-refractivity contribution >= 4 is 0 Å². The summed E-state index contributed by atoms with van der Waals surface area (Å²) in [4.78, 5) is 0. The lowest BCUT2D eigenvalue weighted by atomic mass is 9.84. The van der Waals surface area contributed by atoms with Crippen LogP contribution in [0.2, 0.25) is 0 Å². The summed E-state index contributed by atoms with van der Waals surface area (Å²) in [6.07, 6.45) is 4.81. The van der Waals surface area contributed by atoms with E-state index in [1.54, 1.807) is 7.11 Å². The van der Waals surface area contributed by atoms with E-state index < -0.39 is 0 Å². The Balaban J connectivity index is 1.74. The monoisotopic (exact) mass is 245 g/mol. The van der Waals surface area contributed by atoms with Gasteiger partial charge in [-0.15, -0.1) is 0 Å². The molecule has 96 valence electrons. The van der Waals surface area contributed by atoms with Gasteiger partial charge in [-0.1, -0.05) is 6.07 Å². The van der Waals surface area contributed by atoms with Gasteiger partial charge in [0, 0.05) is 30.0 Å². The molecule has 1 heterocycles. The second-order valence-corrected chi connectivity index (χ2v) is 6.02. The Kier molecular flexibility index (Phi) is 2.03. The minimum Gasteiger partial charge on any atom is -0.497 e. The van der Waals surface area contributed by atoms with E-state index >= 15 is 0 Å². The predicted molar refractivity (Wildman–Crippen MR) is 68.7 cm³/mol. The fourth-order valence-corrected chi connectivity index (χ4v) is 3.99. The van der Waals surface area contributed by atoms with Crippen molar-refractivity contribution < 1.29 is 9.47 Å².